The molecule has 1 aliphatic rings. The summed E-state index contributed by atoms with van der Waals surface area (Å²) in [5, 5.41) is 2.80. The van der Waals surface area contributed by atoms with E-state index in [4.69, 9.17) is 9.47 Å². The second-order valence-corrected chi connectivity index (χ2v) is 7.05. The molecule has 33 heavy (non-hydrogen) atoms. The molecule has 0 saturated carbocycles. The van der Waals surface area contributed by atoms with Gasteiger partial charge in [-0.2, -0.15) is 0 Å². The lowest BCUT2D eigenvalue weighted by Crippen LogP contribution is -2.32. The molecule has 4 rings (SSSR count). The molecular weight excluding hydrogens is 430 g/mol. The lowest BCUT2D eigenvalue weighted by Gasteiger charge is -2.19. The molecule has 0 fully saturated rings. The van der Waals surface area contributed by atoms with E-state index >= 15 is 0 Å². The number of ether oxygens (including phenoxy) is 2. The third-order valence-electron chi connectivity index (χ3n) is 5.06. The Hall–Kier alpha value is -4.20. The third kappa shape index (κ3) is 4.03. The van der Waals surface area contributed by atoms with Gasteiger partial charge in [0.1, 0.15) is 17.2 Å². The molecule has 6 nitrogen and oxygen atoms in total. The molecule has 2 amide bonds. The number of hydrogen-bond acceptors (Lipinski definition) is 5. The summed E-state index contributed by atoms with van der Waals surface area (Å²) in [6.45, 7) is 2.12. The van der Waals surface area contributed by atoms with Crippen molar-refractivity contribution >= 4 is 28.8 Å². The average molecular weight is 450 g/mol. The van der Waals surface area contributed by atoms with Crippen LogP contribution in [0.25, 0.3) is 5.57 Å². The van der Waals surface area contributed by atoms with Crippen LogP contribution < -0.4 is 19.7 Å². The topological polar surface area (TPSA) is 67.9 Å². The molecule has 0 radical (unpaired) electrons. The third-order valence-corrected chi connectivity index (χ3v) is 5.06. The van der Waals surface area contributed by atoms with Gasteiger partial charge in [-0.15, -0.1) is 0 Å². The van der Waals surface area contributed by atoms with Crippen LogP contribution >= 0.6 is 0 Å². The molecule has 0 aliphatic carbocycles. The van der Waals surface area contributed by atoms with E-state index in [0.29, 0.717) is 23.7 Å². The van der Waals surface area contributed by atoms with E-state index in [1.807, 2.05) is 0 Å². The van der Waals surface area contributed by atoms with Gasteiger partial charge in [-0.25, -0.2) is 13.7 Å². The zero-order valence-electron chi connectivity index (χ0n) is 17.9. The first kappa shape index (κ1) is 22.0. The Morgan fingerprint density at radius 1 is 0.879 bits per heavy atom. The number of benzene rings is 3. The van der Waals surface area contributed by atoms with Crippen LogP contribution in [0.5, 0.6) is 11.5 Å². The molecule has 0 spiro atoms. The van der Waals surface area contributed by atoms with Gasteiger partial charge >= 0.3 is 0 Å². The second kappa shape index (κ2) is 9.12. The van der Waals surface area contributed by atoms with Gasteiger partial charge in [-0.1, -0.05) is 30.3 Å². The van der Waals surface area contributed by atoms with Crippen molar-refractivity contribution in [2.75, 3.05) is 23.9 Å². The molecule has 1 heterocycles. The number of methoxy groups -OCH3 is 1. The standard InChI is InChI=1S/C25H20F2N2O4/c1-3-33-21-11-7-5-9-19(21)29-24(30)22(16-8-4-6-10-20(16)32-2)23(25(29)31)28-15-12-13-17(26)18(27)14-15/h4-14,28H,3H2,1-2H3. The molecule has 3 aromatic rings. The van der Waals surface area contributed by atoms with Crippen molar-refractivity contribution in [3.05, 3.63) is 89.6 Å². The minimum atomic E-state index is -1.09. The first-order valence-electron chi connectivity index (χ1n) is 10.2. The fraction of sp³-hybridized carbons (Fsp3) is 0.120. The maximum absolute atomic E-state index is 13.8. The van der Waals surface area contributed by atoms with E-state index in [9.17, 15) is 18.4 Å². The molecule has 0 saturated heterocycles. The summed E-state index contributed by atoms with van der Waals surface area (Å²) in [5.74, 6) is -2.66. The Kier molecular flexibility index (Phi) is 6.08. The number of anilines is 2. The van der Waals surface area contributed by atoms with Crippen molar-refractivity contribution in [3.63, 3.8) is 0 Å². The van der Waals surface area contributed by atoms with Gasteiger partial charge in [0.05, 0.1) is 25.0 Å². The molecule has 8 heteroatoms. The van der Waals surface area contributed by atoms with Crippen LogP contribution in [-0.4, -0.2) is 25.5 Å². The van der Waals surface area contributed by atoms with Gasteiger partial charge in [-0.3, -0.25) is 9.59 Å². The van der Waals surface area contributed by atoms with Gasteiger partial charge in [0.2, 0.25) is 0 Å². The van der Waals surface area contributed by atoms with Crippen LogP contribution in [0.1, 0.15) is 12.5 Å². The molecule has 1 N–H and O–H groups in total. The Bertz CT molecular complexity index is 1270. The van der Waals surface area contributed by atoms with Gasteiger partial charge in [-0.05, 0) is 37.3 Å². The Balaban J connectivity index is 1.87. The van der Waals surface area contributed by atoms with Crippen molar-refractivity contribution in [1.29, 1.82) is 0 Å². The van der Waals surface area contributed by atoms with Crippen molar-refractivity contribution in [1.82, 2.24) is 0 Å². The van der Waals surface area contributed by atoms with E-state index in [1.165, 1.54) is 13.2 Å². The number of nitrogens with zero attached hydrogens (tertiary/aromatic N) is 1. The highest BCUT2D eigenvalue weighted by atomic mass is 19.2. The molecule has 0 bridgehead atoms. The highest BCUT2D eigenvalue weighted by molar-refractivity contribution is 6.46. The first-order valence-corrected chi connectivity index (χ1v) is 10.2. The van der Waals surface area contributed by atoms with E-state index in [-0.39, 0.29) is 22.6 Å². The van der Waals surface area contributed by atoms with Crippen molar-refractivity contribution in [2.45, 2.75) is 6.92 Å². The summed E-state index contributed by atoms with van der Waals surface area (Å²) in [7, 11) is 1.45. The highest BCUT2D eigenvalue weighted by Crippen LogP contribution is 2.40. The predicted molar refractivity (Wildman–Crippen MR) is 120 cm³/mol. The Morgan fingerprint density at radius 3 is 2.27 bits per heavy atom. The largest absolute Gasteiger partial charge is 0.496 e. The van der Waals surface area contributed by atoms with E-state index in [0.717, 1.165) is 17.0 Å². The van der Waals surface area contributed by atoms with E-state index in [2.05, 4.69) is 5.32 Å². The molecule has 3 aromatic carbocycles. The maximum atomic E-state index is 13.8. The van der Waals surface area contributed by atoms with Crippen LogP contribution in [0.3, 0.4) is 0 Å². The average Bonchev–Trinajstić information content (AvgIpc) is 3.06. The van der Waals surface area contributed by atoms with Crippen LogP contribution in [0.15, 0.2) is 72.4 Å². The Morgan fingerprint density at radius 2 is 1.58 bits per heavy atom. The van der Waals surface area contributed by atoms with Crippen LogP contribution in [0, 0.1) is 11.6 Å². The summed E-state index contributed by atoms with van der Waals surface area (Å²) in [6.07, 6.45) is 0. The van der Waals surface area contributed by atoms with Crippen molar-refractivity contribution in [2.24, 2.45) is 0 Å². The number of rotatable bonds is 7. The molecule has 0 unspecified atom stereocenters. The fourth-order valence-corrected chi connectivity index (χ4v) is 3.60. The van der Waals surface area contributed by atoms with E-state index in [1.54, 1.807) is 55.5 Å². The van der Waals surface area contributed by atoms with Gasteiger partial charge in [0, 0.05) is 17.3 Å². The van der Waals surface area contributed by atoms with Crippen LogP contribution in [0.2, 0.25) is 0 Å². The number of imide groups is 1. The fourth-order valence-electron chi connectivity index (χ4n) is 3.60. The van der Waals surface area contributed by atoms with Crippen LogP contribution in [0.4, 0.5) is 20.2 Å². The summed E-state index contributed by atoms with van der Waals surface area (Å²) >= 11 is 0. The van der Waals surface area contributed by atoms with Gasteiger partial charge in [0.25, 0.3) is 11.8 Å². The van der Waals surface area contributed by atoms with E-state index < -0.39 is 23.4 Å². The number of amides is 2. The maximum Gasteiger partial charge on any atom is 0.282 e. The van der Waals surface area contributed by atoms with Gasteiger partial charge in [0.15, 0.2) is 11.6 Å². The lowest BCUT2D eigenvalue weighted by molar-refractivity contribution is -0.120. The van der Waals surface area contributed by atoms with Crippen molar-refractivity contribution < 1.29 is 27.8 Å². The highest BCUT2D eigenvalue weighted by Gasteiger charge is 2.42. The molecular formula is C25H20F2N2O4. The number of halogens is 2. The summed E-state index contributed by atoms with van der Waals surface area (Å²) in [4.78, 5) is 28.2. The minimum Gasteiger partial charge on any atom is -0.496 e. The second-order valence-electron chi connectivity index (χ2n) is 7.05. The summed E-state index contributed by atoms with van der Waals surface area (Å²) < 4.78 is 38.2. The lowest BCUT2D eigenvalue weighted by atomic mass is 10.0. The SMILES string of the molecule is CCOc1ccccc1N1C(=O)C(Nc2ccc(F)c(F)c2)=C(c2ccccc2OC)C1=O. The molecule has 0 aromatic heterocycles. The Labute approximate surface area is 189 Å². The summed E-state index contributed by atoms with van der Waals surface area (Å²) in [5.41, 5.74) is 0.691. The predicted octanol–water partition coefficient (Wildman–Crippen LogP) is 4.77. The minimum absolute atomic E-state index is 0.0356. The smallest absolute Gasteiger partial charge is 0.282 e. The summed E-state index contributed by atoms with van der Waals surface area (Å²) in [6, 6.07) is 16.5. The number of carbonyl (C=O) groups is 2. The van der Waals surface area contributed by atoms with Gasteiger partial charge < -0.3 is 14.8 Å². The number of nitrogens with one attached hydrogen (secondary N) is 1. The number of hydrogen-bond donors (Lipinski definition) is 1. The monoisotopic (exact) mass is 450 g/mol. The quantitative estimate of drug-likeness (QED) is 0.526. The van der Waals surface area contributed by atoms with Crippen molar-refractivity contribution in [3.8, 4) is 11.5 Å². The zero-order chi connectivity index (χ0) is 23.5. The molecule has 0 atom stereocenters. The normalized spacial score (nSPS) is 13.5. The number of para-hydroxylation sites is 3. The molecule has 168 valence electrons. The van der Waals surface area contributed by atoms with Crippen LogP contribution in [-0.2, 0) is 9.59 Å². The molecule has 1 aliphatic heterocycles. The first-order chi connectivity index (χ1) is 16.0. The number of carbonyl (C=O) groups excluding carboxylic acids is 2. The zero-order valence-corrected chi connectivity index (χ0v) is 17.9.